The minimum atomic E-state index is -0.281. The van der Waals surface area contributed by atoms with Crippen molar-refractivity contribution in [1.82, 2.24) is 4.90 Å². The fraction of sp³-hybridized carbons (Fsp3) is 0.880. The number of halogens is 1. The summed E-state index contributed by atoms with van der Waals surface area (Å²) in [6.07, 6.45) is 17.9. The van der Waals surface area contributed by atoms with E-state index < -0.39 is 0 Å². The molecule has 0 spiro atoms. The van der Waals surface area contributed by atoms with E-state index in [1.54, 1.807) is 0 Å². The molecule has 0 aliphatic rings. The van der Waals surface area contributed by atoms with E-state index in [2.05, 4.69) is 20.8 Å². The Morgan fingerprint density at radius 1 is 0.433 bits per heavy atom. The van der Waals surface area contributed by atoms with Gasteiger partial charge in [0.05, 0.1) is 0 Å². The number of unbranched alkanes of at least 4 members (excludes halogenated alkanes) is 13. The van der Waals surface area contributed by atoms with Gasteiger partial charge in [0.25, 0.3) is 0 Å². The lowest BCUT2D eigenvalue weighted by Crippen LogP contribution is -2.41. The molecule has 0 rings (SSSR count). The maximum atomic E-state index is 12.7. The number of carbonyl (C=O) groups excluding carboxylic acids is 3. The number of hydrogen-bond donors (Lipinski definition) is 0. The first-order chi connectivity index (χ1) is 14.1. The van der Waals surface area contributed by atoms with Gasteiger partial charge in [-0.2, -0.15) is 0 Å². The van der Waals surface area contributed by atoms with Gasteiger partial charge in [-0.1, -0.05) is 104 Å². The van der Waals surface area contributed by atoms with Crippen LogP contribution in [0.5, 0.6) is 0 Å². The molecule has 0 aliphatic heterocycles. The molecular weight excluding hydrogens is 398 g/mol. The van der Waals surface area contributed by atoms with Crippen LogP contribution in [0.2, 0.25) is 0 Å². The molecule has 3 amide bonds. The van der Waals surface area contributed by atoms with Gasteiger partial charge < -0.3 is 0 Å². The fourth-order valence-electron chi connectivity index (χ4n) is 3.57. The lowest BCUT2D eigenvalue weighted by atomic mass is 10.1. The molecule has 0 aromatic carbocycles. The predicted molar refractivity (Wildman–Crippen MR) is 129 cm³/mol. The highest BCUT2D eigenvalue weighted by atomic mass is 35.5. The first kappa shape index (κ1) is 31.3. The lowest BCUT2D eigenvalue weighted by Gasteiger charge is -2.19. The Bertz CT molecular complexity index is 414. The van der Waals surface area contributed by atoms with Crippen LogP contribution < -0.4 is 0 Å². The Labute approximate surface area is 192 Å². The van der Waals surface area contributed by atoms with Crippen LogP contribution in [-0.2, 0) is 14.4 Å². The monoisotopic (exact) mass is 445 g/mol. The number of nitrogens with zero attached hydrogens (tertiary/aromatic N) is 1. The minimum Gasteiger partial charge on any atom is -0.274 e. The van der Waals surface area contributed by atoms with Gasteiger partial charge in [-0.15, -0.1) is 12.4 Å². The topological polar surface area (TPSA) is 54.5 Å². The number of carbonyl (C=O) groups is 3. The average Bonchev–Trinajstić information content (AvgIpc) is 2.70. The molecule has 0 aromatic heterocycles. The van der Waals surface area contributed by atoms with Gasteiger partial charge in [-0.05, 0) is 19.3 Å². The summed E-state index contributed by atoms with van der Waals surface area (Å²) < 4.78 is 0. The van der Waals surface area contributed by atoms with E-state index in [0.717, 1.165) is 75.5 Å². The molecule has 0 aromatic rings. The molecule has 0 atom stereocenters. The molecule has 0 heterocycles. The molecule has 0 aliphatic carbocycles. The van der Waals surface area contributed by atoms with Crippen molar-refractivity contribution in [3.8, 4) is 0 Å². The molecule has 0 radical (unpaired) electrons. The van der Waals surface area contributed by atoms with E-state index in [0.29, 0.717) is 19.3 Å². The van der Waals surface area contributed by atoms with Crippen LogP contribution in [0, 0.1) is 0 Å². The lowest BCUT2D eigenvalue weighted by molar-refractivity contribution is -0.154. The molecule has 4 nitrogen and oxygen atoms in total. The Morgan fingerprint density at radius 2 is 0.667 bits per heavy atom. The highest BCUT2D eigenvalue weighted by Crippen LogP contribution is 2.14. The molecule has 0 fully saturated rings. The van der Waals surface area contributed by atoms with E-state index in [1.807, 2.05) is 0 Å². The summed E-state index contributed by atoms with van der Waals surface area (Å²) in [5, 5.41) is 0. The highest BCUT2D eigenvalue weighted by molar-refractivity contribution is 6.10. The largest absolute Gasteiger partial charge is 0.274 e. The zero-order valence-electron chi connectivity index (χ0n) is 20.0. The predicted octanol–water partition coefficient (Wildman–Crippen LogP) is 7.76. The molecule has 0 N–H and O–H groups in total. The van der Waals surface area contributed by atoms with E-state index in [4.69, 9.17) is 0 Å². The molecule has 178 valence electrons. The summed E-state index contributed by atoms with van der Waals surface area (Å²) >= 11 is 0. The Kier molecular flexibility index (Phi) is 23.8. The van der Waals surface area contributed by atoms with Crippen LogP contribution in [0.1, 0.15) is 143 Å². The summed E-state index contributed by atoms with van der Waals surface area (Å²) in [5.74, 6) is -0.843. The maximum absolute atomic E-state index is 12.7. The van der Waals surface area contributed by atoms with E-state index in [-0.39, 0.29) is 30.1 Å². The first-order valence-electron chi connectivity index (χ1n) is 12.5. The summed E-state index contributed by atoms with van der Waals surface area (Å²) in [4.78, 5) is 39.0. The molecule has 30 heavy (non-hydrogen) atoms. The second kappa shape index (κ2) is 22.8. The second-order valence-corrected chi connectivity index (χ2v) is 8.36. The fourth-order valence-corrected chi connectivity index (χ4v) is 3.57. The van der Waals surface area contributed by atoms with Crippen LogP contribution in [-0.4, -0.2) is 22.6 Å². The van der Waals surface area contributed by atoms with Crippen molar-refractivity contribution in [3.63, 3.8) is 0 Å². The van der Waals surface area contributed by atoms with E-state index in [1.165, 1.54) is 32.1 Å². The van der Waals surface area contributed by atoms with Gasteiger partial charge in [0.15, 0.2) is 0 Å². The van der Waals surface area contributed by atoms with Gasteiger partial charge in [-0.3, -0.25) is 14.4 Å². The van der Waals surface area contributed by atoms with Crippen molar-refractivity contribution in [2.24, 2.45) is 0 Å². The normalized spacial score (nSPS) is 10.5. The molecule has 0 bridgehead atoms. The number of amides is 3. The minimum absolute atomic E-state index is 0. The summed E-state index contributed by atoms with van der Waals surface area (Å²) in [5.41, 5.74) is 0. The molecule has 0 saturated carbocycles. The number of rotatable bonds is 19. The van der Waals surface area contributed by atoms with Gasteiger partial charge in [0.1, 0.15) is 0 Å². The molecule has 0 unspecified atom stereocenters. The first-order valence-corrected chi connectivity index (χ1v) is 12.5. The van der Waals surface area contributed by atoms with Crippen molar-refractivity contribution in [3.05, 3.63) is 0 Å². The Morgan fingerprint density at radius 3 is 0.933 bits per heavy atom. The van der Waals surface area contributed by atoms with Crippen LogP contribution in [0.25, 0.3) is 0 Å². The van der Waals surface area contributed by atoms with Gasteiger partial charge >= 0.3 is 0 Å². The molecule has 0 saturated heterocycles. The van der Waals surface area contributed by atoms with Crippen molar-refractivity contribution in [2.75, 3.05) is 0 Å². The summed E-state index contributed by atoms with van der Waals surface area (Å²) in [6, 6.07) is 0. The maximum Gasteiger partial charge on any atom is 0.236 e. The highest BCUT2D eigenvalue weighted by Gasteiger charge is 2.26. The Balaban J connectivity index is 0. The van der Waals surface area contributed by atoms with E-state index in [9.17, 15) is 14.4 Å². The van der Waals surface area contributed by atoms with Gasteiger partial charge in [-0.25, -0.2) is 4.90 Å². The smallest absolute Gasteiger partial charge is 0.236 e. The van der Waals surface area contributed by atoms with Crippen LogP contribution in [0.3, 0.4) is 0 Å². The summed E-state index contributed by atoms with van der Waals surface area (Å²) in [7, 11) is 0. The third-order valence-electron chi connectivity index (χ3n) is 5.48. The zero-order valence-corrected chi connectivity index (χ0v) is 20.8. The molecular formula is C25H48ClNO3. The van der Waals surface area contributed by atoms with Gasteiger partial charge in [0.2, 0.25) is 17.7 Å². The number of hydrogen-bond acceptors (Lipinski definition) is 3. The van der Waals surface area contributed by atoms with Crippen LogP contribution in [0.15, 0.2) is 0 Å². The SMILES string of the molecule is CCCCCCCCC(=O)N(C(=O)CCCCCCC)C(=O)CCCCCCC.Cl. The van der Waals surface area contributed by atoms with E-state index >= 15 is 0 Å². The zero-order chi connectivity index (χ0) is 21.7. The third kappa shape index (κ3) is 16.8. The van der Waals surface area contributed by atoms with Crippen molar-refractivity contribution < 1.29 is 14.4 Å². The van der Waals surface area contributed by atoms with Gasteiger partial charge in [0, 0.05) is 19.3 Å². The van der Waals surface area contributed by atoms with Crippen LogP contribution >= 0.6 is 12.4 Å². The quantitative estimate of drug-likeness (QED) is 0.191. The Hall–Kier alpha value is -0.900. The second-order valence-electron chi connectivity index (χ2n) is 8.36. The summed E-state index contributed by atoms with van der Waals surface area (Å²) in [6.45, 7) is 6.50. The van der Waals surface area contributed by atoms with Crippen LogP contribution in [0.4, 0.5) is 0 Å². The standard InChI is InChI=1S/C25H47NO3.ClH/c1-4-7-10-13-16-19-22-25(29)26(23(27)20-17-14-11-8-5-2)24(28)21-18-15-12-9-6-3;/h4-22H2,1-3H3;1H. The third-order valence-corrected chi connectivity index (χ3v) is 5.48. The van der Waals surface area contributed by atoms with Crippen molar-refractivity contribution in [2.45, 2.75) is 143 Å². The molecule has 5 heteroatoms. The number of imide groups is 3. The van der Waals surface area contributed by atoms with Crippen molar-refractivity contribution >= 4 is 30.1 Å². The average molecular weight is 446 g/mol. The van der Waals surface area contributed by atoms with Crippen molar-refractivity contribution in [1.29, 1.82) is 0 Å².